The first-order valence-corrected chi connectivity index (χ1v) is 6.92. The minimum atomic E-state index is -0.523. The minimum absolute atomic E-state index is 0.139. The van der Waals surface area contributed by atoms with Crippen molar-refractivity contribution in [1.29, 1.82) is 0 Å². The Kier molecular flexibility index (Phi) is 3.73. The second kappa shape index (κ2) is 5.83. The van der Waals surface area contributed by atoms with Gasteiger partial charge >= 0.3 is 0 Å². The number of hydrogen-bond acceptors (Lipinski definition) is 4. The van der Waals surface area contributed by atoms with Gasteiger partial charge < -0.3 is 15.4 Å². The van der Waals surface area contributed by atoms with E-state index in [4.69, 9.17) is 4.74 Å². The summed E-state index contributed by atoms with van der Waals surface area (Å²) in [4.78, 5) is 16.5. The predicted octanol–water partition coefficient (Wildman–Crippen LogP) is 1.88. The van der Waals surface area contributed by atoms with E-state index in [2.05, 4.69) is 15.6 Å². The monoisotopic (exact) mass is 283 g/mol. The van der Waals surface area contributed by atoms with Gasteiger partial charge in [-0.2, -0.15) is 0 Å². The molecule has 0 bridgehead atoms. The number of hydrogen-bond donors (Lipinski definition) is 2. The van der Waals surface area contributed by atoms with Gasteiger partial charge in [0, 0.05) is 5.69 Å². The molecule has 0 spiro atoms. The van der Waals surface area contributed by atoms with Gasteiger partial charge in [0.25, 0.3) is 5.91 Å². The van der Waals surface area contributed by atoms with E-state index in [1.807, 2.05) is 49.4 Å². The quantitative estimate of drug-likeness (QED) is 0.903. The van der Waals surface area contributed by atoms with E-state index in [0.29, 0.717) is 18.8 Å². The fourth-order valence-corrected chi connectivity index (χ4v) is 2.25. The predicted molar refractivity (Wildman–Crippen MR) is 80.2 cm³/mol. The van der Waals surface area contributed by atoms with Crippen LogP contribution >= 0.6 is 0 Å². The highest BCUT2D eigenvalue weighted by molar-refractivity contribution is 5.83. The van der Waals surface area contributed by atoms with Crippen LogP contribution in [0.4, 0.5) is 5.69 Å². The molecule has 108 valence electrons. The smallest absolute Gasteiger partial charge is 0.263 e. The normalized spacial score (nSPS) is 16.3. The van der Waals surface area contributed by atoms with Crippen LogP contribution < -0.4 is 15.4 Å². The Bertz CT molecular complexity index is 657. The lowest BCUT2D eigenvalue weighted by Gasteiger charge is -2.26. The molecule has 1 aromatic carbocycles. The molecule has 1 aliphatic rings. The average molecular weight is 283 g/mol. The fraction of sp³-hybridized carbons (Fsp3) is 0.250. The van der Waals surface area contributed by atoms with Crippen LogP contribution in [-0.2, 0) is 11.3 Å². The number of ether oxygens (including phenoxy) is 1. The first-order valence-electron chi connectivity index (χ1n) is 6.92. The van der Waals surface area contributed by atoms with Crippen molar-refractivity contribution in [2.75, 3.05) is 11.9 Å². The van der Waals surface area contributed by atoms with Crippen molar-refractivity contribution < 1.29 is 9.53 Å². The van der Waals surface area contributed by atoms with Gasteiger partial charge in [-0.3, -0.25) is 9.78 Å². The lowest BCUT2D eigenvalue weighted by molar-refractivity contribution is -0.127. The Morgan fingerprint density at radius 3 is 3.05 bits per heavy atom. The van der Waals surface area contributed by atoms with Gasteiger partial charge in [0.15, 0.2) is 6.10 Å². The van der Waals surface area contributed by atoms with Crippen LogP contribution in [0, 0.1) is 6.92 Å². The van der Waals surface area contributed by atoms with Gasteiger partial charge in [0.05, 0.1) is 24.5 Å². The maximum absolute atomic E-state index is 12.2. The standard InChI is InChI=1S/C16H17N3O2/c1-11-5-4-6-12(19-11)9-18-16(20)15-10-17-13-7-2-3-8-14(13)21-15/h2-8,15,17H,9-10H2,1H3,(H,18,20). The summed E-state index contributed by atoms with van der Waals surface area (Å²) in [5.41, 5.74) is 2.70. The van der Waals surface area contributed by atoms with Crippen LogP contribution in [0.3, 0.4) is 0 Å². The van der Waals surface area contributed by atoms with Gasteiger partial charge in [-0.05, 0) is 31.2 Å². The maximum atomic E-state index is 12.2. The zero-order valence-corrected chi connectivity index (χ0v) is 11.8. The Labute approximate surface area is 123 Å². The summed E-state index contributed by atoms with van der Waals surface area (Å²) in [5, 5.41) is 6.06. The molecule has 0 fully saturated rings. The summed E-state index contributed by atoms with van der Waals surface area (Å²) < 4.78 is 5.71. The van der Waals surface area contributed by atoms with Crippen molar-refractivity contribution in [2.24, 2.45) is 0 Å². The summed E-state index contributed by atoms with van der Waals surface area (Å²) in [6, 6.07) is 13.3. The minimum Gasteiger partial charge on any atom is -0.477 e. The number of benzene rings is 1. The fourth-order valence-electron chi connectivity index (χ4n) is 2.25. The van der Waals surface area contributed by atoms with Crippen LogP contribution in [-0.4, -0.2) is 23.5 Å². The number of amides is 1. The van der Waals surface area contributed by atoms with E-state index in [9.17, 15) is 4.79 Å². The molecule has 0 aliphatic carbocycles. The number of aromatic nitrogens is 1. The maximum Gasteiger partial charge on any atom is 0.263 e. The Balaban J connectivity index is 1.59. The molecule has 1 aromatic heterocycles. The number of carbonyl (C=O) groups excluding carboxylic acids is 1. The summed E-state index contributed by atoms with van der Waals surface area (Å²) in [6.45, 7) is 2.79. The number of fused-ring (bicyclic) bond motifs is 1. The molecular weight excluding hydrogens is 266 g/mol. The number of nitrogens with one attached hydrogen (secondary N) is 2. The zero-order valence-electron chi connectivity index (χ0n) is 11.8. The Morgan fingerprint density at radius 1 is 1.33 bits per heavy atom. The molecule has 3 rings (SSSR count). The van der Waals surface area contributed by atoms with Crippen molar-refractivity contribution >= 4 is 11.6 Å². The molecular formula is C16H17N3O2. The number of anilines is 1. The van der Waals surface area contributed by atoms with E-state index in [0.717, 1.165) is 17.1 Å². The van der Waals surface area contributed by atoms with Gasteiger partial charge in [-0.15, -0.1) is 0 Å². The SMILES string of the molecule is Cc1cccc(CNC(=O)C2CNc3ccccc3O2)n1. The Morgan fingerprint density at radius 2 is 2.19 bits per heavy atom. The molecule has 2 N–H and O–H groups in total. The molecule has 5 nitrogen and oxygen atoms in total. The third-order valence-electron chi connectivity index (χ3n) is 3.32. The van der Waals surface area contributed by atoms with E-state index in [1.54, 1.807) is 0 Å². The molecule has 0 saturated carbocycles. The average Bonchev–Trinajstić information content (AvgIpc) is 2.52. The number of aryl methyl sites for hydroxylation is 1. The summed E-state index contributed by atoms with van der Waals surface area (Å²) in [5.74, 6) is 0.567. The van der Waals surface area contributed by atoms with Gasteiger partial charge in [-0.1, -0.05) is 18.2 Å². The molecule has 1 aliphatic heterocycles. The number of carbonyl (C=O) groups is 1. The van der Waals surface area contributed by atoms with Crippen LogP contribution in [0.2, 0.25) is 0 Å². The van der Waals surface area contributed by atoms with E-state index in [1.165, 1.54) is 0 Å². The topological polar surface area (TPSA) is 63.2 Å². The number of rotatable bonds is 3. The van der Waals surface area contributed by atoms with Gasteiger partial charge in [-0.25, -0.2) is 0 Å². The molecule has 2 heterocycles. The number of pyridine rings is 1. The Hall–Kier alpha value is -2.56. The first-order chi connectivity index (χ1) is 10.2. The van der Waals surface area contributed by atoms with Crippen LogP contribution in [0.25, 0.3) is 0 Å². The van der Waals surface area contributed by atoms with Crippen LogP contribution in [0.1, 0.15) is 11.4 Å². The molecule has 1 unspecified atom stereocenters. The highest BCUT2D eigenvalue weighted by Gasteiger charge is 2.25. The van der Waals surface area contributed by atoms with Crippen LogP contribution in [0.5, 0.6) is 5.75 Å². The zero-order chi connectivity index (χ0) is 14.7. The molecule has 1 amide bonds. The van der Waals surface area contributed by atoms with E-state index >= 15 is 0 Å². The summed E-state index contributed by atoms with van der Waals surface area (Å²) in [7, 11) is 0. The van der Waals surface area contributed by atoms with E-state index < -0.39 is 6.10 Å². The van der Waals surface area contributed by atoms with Crippen molar-refractivity contribution in [3.63, 3.8) is 0 Å². The summed E-state index contributed by atoms with van der Waals surface area (Å²) >= 11 is 0. The second-order valence-electron chi connectivity index (χ2n) is 4.97. The number of para-hydroxylation sites is 2. The molecule has 0 saturated heterocycles. The van der Waals surface area contributed by atoms with Crippen molar-refractivity contribution in [3.05, 3.63) is 53.9 Å². The molecule has 0 radical (unpaired) electrons. The van der Waals surface area contributed by atoms with Crippen molar-refractivity contribution in [2.45, 2.75) is 19.6 Å². The molecule has 2 aromatic rings. The first kappa shape index (κ1) is 13.4. The highest BCUT2D eigenvalue weighted by atomic mass is 16.5. The summed E-state index contributed by atoms with van der Waals surface area (Å²) in [6.07, 6.45) is -0.523. The molecule has 1 atom stereocenters. The molecule has 21 heavy (non-hydrogen) atoms. The molecule has 5 heteroatoms. The van der Waals surface area contributed by atoms with E-state index in [-0.39, 0.29) is 5.91 Å². The van der Waals surface area contributed by atoms with Crippen molar-refractivity contribution in [1.82, 2.24) is 10.3 Å². The lowest BCUT2D eigenvalue weighted by atomic mass is 10.2. The third kappa shape index (κ3) is 3.13. The second-order valence-corrected chi connectivity index (χ2v) is 4.97. The van der Waals surface area contributed by atoms with Gasteiger partial charge in [0.1, 0.15) is 5.75 Å². The highest BCUT2D eigenvalue weighted by Crippen LogP contribution is 2.28. The number of nitrogens with zero attached hydrogens (tertiary/aromatic N) is 1. The van der Waals surface area contributed by atoms with Gasteiger partial charge in [0.2, 0.25) is 0 Å². The largest absolute Gasteiger partial charge is 0.477 e. The lowest BCUT2D eigenvalue weighted by Crippen LogP contribution is -2.44. The van der Waals surface area contributed by atoms with Crippen molar-refractivity contribution in [3.8, 4) is 5.75 Å². The third-order valence-corrected chi connectivity index (χ3v) is 3.32. The van der Waals surface area contributed by atoms with Crippen LogP contribution in [0.15, 0.2) is 42.5 Å².